The Bertz CT molecular complexity index is 404. The summed E-state index contributed by atoms with van der Waals surface area (Å²) >= 11 is 0. The fourth-order valence-corrected chi connectivity index (χ4v) is 3.38. The van der Waals surface area contributed by atoms with E-state index < -0.39 is 7.60 Å². The van der Waals surface area contributed by atoms with Crippen LogP contribution in [0, 0.1) is 0 Å². The fourth-order valence-electron chi connectivity index (χ4n) is 1.40. The first-order chi connectivity index (χ1) is 7.83. The van der Waals surface area contributed by atoms with E-state index in [1.54, 1.807) is 24.3 Å². The van der Waals surface area contributed by atoms with Gasteiger partial charge < -0.3 is 14.8 Å². The van der Waals surface area contributed by atoms with Crippen molar-refractivity contribution in [1.82, 2.24) is 0 Å². The van der Waals surface area contributed by atoms with E-state index in [4.69, 9.17) is 14.8 Å². The lowest BCUT2D eigenvalue weighted by atomic mass is 10.3. The molecule has 4 nitrogen and oxygen atoms in total. The summed E-state index contributed by atoms with van der Waals surface area (Å²) in [6.07, 6.45) is -0.359. The lowest BCUT2D eigenvalue weighted by Crippen LogP contribution is -2.17. The van der Waals surface area contributed by atoms with Gasteiger partial charge in [0, 0.05) is 5.69 Å². The van der Waals surface area contributed by atoms with Crippen LogP contribution in [0.2, 0.25) is 0 Å². The molecule has 1 aromatic carbocycles. The van der Waals surface area contributed by atoms with Crippen LogP contribution in [0.25, 0.3) is 0 Å². The molecule has 0 fully saturated rings. The Labute approximate surface area is 103 Å². The van der Waals surface area contributed by atoms with E-state index in [1.165, 1.54) is 0 Å². The number of nitrogens with two attached hydrogens (primary N) is 1. The van der Waals surface area contributed by atoms with Gasteiger partial charge in [-0.3, -0.25) is 4.57 Å². The summed E-state index contributed by atoms with van der Waals surface area (Å²) in [6.45, 7) is 7.29. The van der Waals surface area contributed by atoms with Gasteiger partial charge in [-0.2, -0.15) is 0 Å². The highest BCUT2D eigenvalue weighted by Crippen LogP contribution is 2.49. The van der Waals surface area contributed by atoms with Gasteiger partial charge in [0.2, 0.25) is 0 Å². The summed E-state index contributed by atoms with van der Waals surface area (Å²) in [7, 11) is -3.29. The summed E-state index contributed by atoms with van der Waals surface area (Å²) in [4.78, 5) is 0. The zero-order valence-corrected chi connectivity index (χ0v) is 11.6. The van der Waals surface area contributed by atoms with E-state index >= 15 is 0 Å². The smallest absolute Gasteiger partial charge is 0.361 e. The lowest BCUT2D eigenvalue weighted by molar-refractivity contribution is 0.150. The van der Waals surface area contributed by atoms with Gasteiger partial charge in [-0.15, -0.1) is 0 Å². The molecule has 0 aromatic heterocycles. The molecule has 0 saturated heterocycles. The van der Waals surface area contributed by atoms with E-state index in [9.17, 15) is 4.57 Å². The molecule has 5 heteroatoms. The van der Waals surface area contributed by atoms with Crippen molar-refractivity contribution in [3.05, 3.63) is 24.3 Å². The molecular formula is C12H20NO3P. The minimum atomic E-state index is -3.29. The van der Waals surface area contributed by atoms with E-state index in [0.717, 1.165) is 0 Å². The molecule has 0 saturated carbocycles. The maximum Gasteiger partial charge on any atom is 0.361 e. The summed E-state index contributed by atoms with van der Waals surface area (Å²) in [5, 5.41) is 0.500. The van der Waals surface area contributed by atoms with E-state index in [-0.39, 0.29) is 12.2 Å². The Morgan fingerprint density at radius 2 is 1.65 bits per heavy atom. The van der Waals surface area contributed by atoms with E-state index in [2.05, 4.69) is 0 Å². The van der Waals surface area contributed by atoms with Gasteiger partial charge in [-0.1, -0.05) is 6.07 Å². The van der Waals surface area contributed by atoms with Crippen LogP contribution >= 0.6 is 7.60 Å². The van der Waals surface area contributed by atoms with Crippen LogP contribution in [0.5, 0.6) is 0 Å². The van der Waals surface area contributed by atoms with Crippen molar-refractivity contribution in [2.24, 2.45) is 0 Å². The highest BCUT2D eigenvalue weighted by Gasteiger charge is 2.30. The maximum absolute atomic E-state index is 12.7. The third-order valence-corrected chi connectivity index (χ3v) is 4.19. The van der Waals surface area contributed by atoms with Crippen molar-refractivity contribution in [3.63, 3.8) is 0 Å². The molecule has 0 bridgehead atoms. The number of hydrogen-bond donors (Lipinski definition) is 1. The van der Waals surface area contributed by atoms with Crippen LogP contribution in [-0.4, -0.2) is 12.2 Å². The normalized spacial score (nSPS) is 12.4. The van der Waals surface area contributed by atoms with E-state index in [0.29, 0.717) is 11.0 Å². The van der Waals surface area contributed by atoms with Gasteiger partial charge in [0.05, 0.1) is 17.5 Å². The van der Waals surface area contributed by atoms with Gasteiger partial charge in [-0.25, -0.2) is 0 Å². The Hall–Kier alpha value is -0.830. The van der Waals surface area contributed by atoms with E-state index in [1.807, 2.05) is 27.7 Å². The molecule has 0 aliphatic rings. The van der Waals surface area contributed by atoms with Crippen molar-refractivity contribution in [2.75, 3.05) is 5.73 Å². The summed E-state index contributed by atoms with van der Waals surface area (Å²) in [5.74, 6) is 0. The largest absolute Gasteiger partial charge is 0.399 e. The van der Waals surface area contributed by atoms with Gasteiger partial charge in [0.15, 0.2) is 0 Å². The zero-order valence-electron chi connectivity index (χ0n) is 10.7. The zero-order chi connectivity index (χ0) is 13.1. The Kier molecular flexibility index (Phi) is 4.75. The molecule has 0 heterocycles. The fraction of sp³-hybridized carbons (Fsp3) is 0.500. The molecule has 17 heavy (non-hydrogen) atoms. The lowest BCUT2D eigenvalue weighted by Gasteiger charge is -2.23. The molecule has 0 unspecified atom stereocenters. The van der Waals surface area contributed by atoms with Gasteiger partial charge in [0.1, 0.15) is 0 Å². The number of anilines is 1. The Morgan fingerprint density at radius 3 is 2.06 bits per heavy atom. The molecule has 96 valence electrons. The highest BCUT2D eigenvalue weighted by molar-refractivity contribution is 7.62. The molecule has 0 atom stereocenters. The molecule has 0 spiro atoms. The van der Waals surface area contributed by atoms with Crippen molar-refractivity contribution >= 4 is 18.6 Å². The minimum Gasteiger partial charge on any atom is -0.399 e. The summed E-state index contributed by atoms with van der Waals surface area (Å²) in [6, 6.07) is 6.82. The van der Waals surface area contributed by atoms with Crippen LogP contribution in [0.1, 0.15) is 27.7 Å². The van der Waals surface area contributed by atoms with Gasteiger partial charge >= 0.3 is 7.60 Å². The summed E-state index contributed by atoms with van der Waals surface area (Å²) in [5.41, 5.74) is 6.23. The van der Waals surface area contributed by atoms with Crippen LogP contribution in [0.15, 0.2) is 24.3 Å². The molecule has 1 aromatic rings. The predicted molar refractivity (Wildman–Crippen MR) is 70.5 cm³/mol. The average molecular weight is 257 g/mol. The first kappa shape index (κ1) is 14.2. The molecule has 0 radical (unpaired) electrons. The third-order valence-electron chi connectivity index (χ3n) is 1.89. The van der Waals surface area contributed by atoms with Gasteiger partial charge in [0.25, 0.3) is 0 Å². The van der Waals surface area contributed by atoms with Gasteiger partial charge in [-0.05, 0) is 45.9 Å². The Balaban J connectivity index is 3.09. The maximum atomic E-state index is 12.7. The molecule has 0 amide bonds. The number of nitrogen functional groups attached to an aromatic ring is 1. The van der Waals surface area contributed by atoms with Crippen molar-refractivity contribution in [3.8, 4) is 0 Å². The summed E-state index contributed by atoms with van der Waals surface area (Å²) < 4.78 is 23.6. The second kappa shape index (κ2) is 5.67. The average Bonchev–Trinajstić information content (AvgIpc) is 2.14. The first-order valence-corrected chi connectivity index (χ1v) is 7.20. The molecular weight excluding hydrogens is 237 g/mol. The van der Waals surface area contributed by atoms with Crippen LogP contribution in [-0.2, 0) is 13.6 Å². The monoisotopic (exact) mass is 257 g/mol. The van der Waals surface area contributed by atoms with Crippen LogP contribution in [0.4, 0.5) is 5.69 Å². The third kappa shape index (κ3) is 4.15. The quantitative estimate of drug-likeness (QED) is 0.650. The van der Waals surface area contributed by atoms with Crippen LogP contribution < -0.4 is 11.0 Å². The second-order valence-corrected chi connectivity index (χ2v) is 6.33. The number of benzene rings is 1. The minimum absolute atomic E-state index is 0.180. The standard InChI is InChI=1S/C12H20NO3P/c1-9(2)15-17(14,16-10(3)4)12-7-5-6-11(13)8-12/h5-10H,13H2,1-4H3. The van der Waals surface area contributed by atoms with Crippen molar-refractivity contribution in [1.29, 1.82) is 0 Å². The number of hydrogen-bond acceptors (Lipinski definition) is 4. The SMILES string of the molecule is CC(C)OP(=O)(OC(C)C)c1cccc(N)c1. The molecule has 0 aliphatic heterocycles. The molecule has 0 aliphatic carbocycles. The van der Waals surface area contributed by atoms with Crippen molar-refractivity contribution < 1.29 is 13.6 Å². The topological polar surface area (TPSA) is 61.5 Å². The first-order valence-electron chi connectivity index (χ1n) is 5.66. The molecule has 1 rings (SSSR count). The predicted octanol–water partition coefficient (Wildman–Crippen LogP) is 2.94. The van der Waals surface area contributed by atoms with Crippen LogP contribution in [0.3, 0.4) is 0 Å². The van der Waals surface area contributed by atoms with Crippen molar-refractivity contribution in [2.45, 2.75) is 39.9 Å². The Morgan fingerprint density at radius 1 is 1.12 bits per heavy atom. The number of rotatable bonds is 5. The molecule has 2 N–H and O–H groups in total. The second-order valence-electron chi connectivity index (χ2n) is 4.40. The highest BCUT2D eigenvalue weighted by atomic mass is 31.2.